The minimum absolute atomic E-state index is 0.0409. The number of fused-ring (bicyclic) bond motifs is 1. The highest BCUT2D eigenvalue weighted by Crippen LogP contribution is 2.33. The highest BCUT2D eigenvalue weighted by atomic mass is 19.3. The van der Waals surface area contributed by atoms with Crippen molar-refractivity contribution in [2.75, 3.05) is 32.9 Å². The van der Waals surface area contributed by atoms with Crippen molar-refractivity contribution >= 4 is 17.8 Å². The molecule has 2 aromatic carbocycles. The van der Waals surface area contributed by atoms with Crippen LogP contribution in [0.2, 0.25) is 0 Å². The van der Waals surface area contributed by atoms with Gasteiger partial charge in [0.15, 0.2) is 28.8 Å². The number of ketones is 1. The summed E-state index contributed by atoms with van der Waals surface area (Å²) in [7, 11) is 0. The Morgan fingerprint density at radius 2 is 1.80 bits per heavy atom. The van der Waals surface area contributed by atoms with Crippen LogP contribution < -0.4 is 18.9 Å². The van der Waals surface area contributed by atoms with Gasteiger partial charge in [-0.15, -0.1) is 0 Å². The largest absolute Gasteiger partial charge is 0.490 e. The molecule has 2 aliphatic rings. The van der Waals surface area contributed by atoms with Crippen molar-refractivity contribution in [3.05, 3.63) is 53.6 Å². The number of benzene rings is 2. The van der Waals surface area contributed by atoms with Crippen LogP contribution in [0.15, 0.2) is 42.5 Å². The van der Waals surface area contributed by atoms with Gasteiger partial charge in [0.2, 0.25) is 5.91 Å². The molecular formula is C26H27F2NO6. The van der Waals surface area contributed by atoms with Crippen molar-refractivity contribution < 1.29 is 37.3 Å². The van der Waals surface area contributed by atoms with E-state index in [1.807, 2.05) is 0 Å². The summed E-state index contributed by atoms with van der Waals surface area (Å²) < 4.78 is 46.1. The number of halogens is 2. The molecule has 0 spiro atoms. The average Bonchev–Trinajstić information content (AvgIpc) is 2.88. The van der Waals surface area contributed by atoms with Gasteiger partial charge >= 0.3 is 6.61 Å². The topological polar surface area (TPSA) is 74.3 Å². The second kappa shape index (κ2) is 11.2. The first-order valence-electron chi connectivity index (χ1n) is 11.6. The summed E-state index contributed by atoms with van der Waals surface area (Å²) in [6, 6.07) is 9.74. The van der Waals surface area contributed by atoms with Crippen molar-refractivity contribution in [3.63, 3.8) is 0 Å². The number of nitrogens with zero attached hydrogens (tertiary/aromatic N) is 1. The van der Waals surface area contributed by atoms with E-state index in [4.69, 9.17) is 14.2 Å². The van der Waals surface area contributed by atoms with Gasteiger partial charge in [-0.3, -0.25) is 9.59 Å². The van der Waals surface area contributed by atoms with E-state index in [9.17, 15) is 18.4 Å². The number of alkyl halides is 2. The van der Waals surface area contributed by atoms with Crippen LogP contribution in [0.4, 0.5) is 8.78 Å². The van der Waals surface area contributed by atoms with Crippen LogP contribution in [-0.4, -0.2) is 56.1 Å². The summed E-state index contributed by atoms with van der Waals surface area (Å²) in [6.07, 6.45) is 4.17. The Morgan fingerprint density at radius 1 is 1.06 bits per heavy atom. The number of Topliss-reactive ketones (excluding diaryl/α,β-unsaturated/α-hetero) is 1. The molecule has 4 rings (SSSR count). The molecule has 35 heavy (non-hydrogen) atoms. The normalized spacial score (nSPS) is 15.9. The highest BCUT2D eigenvalue weighted by molar-refractivity contribution is 5.99. The number of carbonyl (C=O) groups excluding carboxylic acids is 2. The minimum Gasteiger partial charge on any atom is -0.490 e. The van der Waals surface area contributed by atoms with Gasteiger partial charge in [0.25, 0.3) is 0 Å². The van der Waals surface area contributed by atoms with E-state index in [1.165, 1.54) is 12.1 Å². The molecule has 2 aliphatic heterocycles. The maximum absolute atomic E-state index is 13.0. The van der Waals surface area contributed by atoms with Gasteiger partial charge in [0.05, 0.1) is 6.61 Å². The third kappa shape index (κ3) is 6.09. The Hall–Kier alpha value is -3.62. The second-order valence-electron chi connectivity index (χ2n) is 8.17. The number of carbonyl (C=O) groups is 2. The quantitative estimate of drug-likeness (QED) is 0.401. The molecule has 0 unspecified atom stereocenters. The monoisotopic (exact) mass is 487 g/mol. The molecule has 2 aromatic rings. The first kappa shape index (κ1) is 24.5. The molecule has 1 fully saturated rings. The van der Waals surface area contributed by atoms with Gasteiger partial charge in [-0.25, -0.2) is 0 Å². The summed E-state index contributed by atoms with van der Waals surface area (Å²) in [6.45, 7) is 0.949. The third-order valence-electron chi connectivity index (χ3n) is 5.91. The van der Waals surface area contributed by atoms with Crippen molar-refractivity contribution in [1.29, 1.82) is 0 Å². The summed E-state index contributed by atoms with van der Waals surface area (Å²) >= 11 is 0. The van der Waals surface area contributed by atoms with Gasteiger partial charge in [0.1, 0.15) is 13.2 Å². The number of hydrogen-bond acceptors (Lipinski definition) is 6. The lowest BCUT2D eigenvalue weighted by molar-refractivity contribution is -0.127. The fourth-order valence-electron chi connectivity index (χ4n) is 4.16. The zero-order chi connectivity index (χ0) is 24.8. The number of hydrogen-bond donors (Lipinski definition) is 0. The van der Waals surface area contributed by atoms with Crippen molar-refractivity contribution in [2.24, 2.45) is 5.92 Å². The molecule has 0 aromatic heterocycles. The molecule has 2 heterocycles. The molecule has 1 amide bonds. The number of piperidine rings is 1. The Morgan fingerprint density at radius 3 is 2.51 bits per heavy atom. The summed E-state index contributed by atoms with van der Waals surface area (Å²) in [5.74, 6) is 1.05. The first-order chi connectivity index (χ1) is 16.9. The van der Waals surface area contributed by atoms with Crippen LogP contribution in [0, 0.1) is 5.92 Å². The third-order valence-corrected chi connectivity index (χ3v) is 5.91. The number of likely N-dealkylation sites (tertiary alicyclic amines) is 1. The second-order valence-corrected chi connectivity index (χ2v) is 8.17. The Labute approximate surface area is 202 Å². The van der Waals surface area contributed by atoms with Gasteiger partial charge < -0.3 is 23.8 Å². The lowest BCUT2D eigenvalue weighted by Gasteiger charge is -2.30. The van der Waals surface area contributed by atoms with Crippen LogP contribution in [0.5, 0.6) is 23.0 Å². The smallest absolute Gasteiger partial charge is 0.387 e. The van der Waals surface area contributed by atoms with Crippen molar-refractivity contribution in [3.8, 4) is 23.0 Å². The van der Waals surface area contributed by atoms with Gasteiger partial charge in [-0.2, -0.15) is 8.78 Å². The molecular weight excluding hydrogens is 460 g/mol. The molecule has 0 bridgehead atoms. The Bertz CT molecular complexity index is 1100. The minimum atomic E-state index is -2.96. The molecule has 0 N–H and O–H groups in total. The van der Waals surface area contributed by atoms with Crippen LogP contribution in [0.25, 0.3) is 6.08 Å². The SMILES string of the molecule is CCOc1cc(/C=C/C(=O)N2CCC(C(=O)c3ccc4c(c3)OCCO4)CC2)ccc1OC(F)F. The van der Waals surface area contributed by atoms with Gasteiger partial charge in [-0.05, 0) is 61.7 Å². The fraction of sp³-hybridized carbons (Fsp3) is 0.385. The van der Waals surface area contributed by atoms with Gasteiger partial charge in [0, 0.05) is 30.6 Å². The maximum atomic E-state index is 13.0. The summed E-state index contributed by atoms with van der Waals surface area (Å²) in [5, 5.41) is 0. The first-order valence-corrected chi connectivity index (χ1v) is 11.6. The number of amides is 1. The lowest BCUT2D eigenvalue weighted by Crippen LogP contribution is -2.39. The van der Waals surface area contributed by atoms with Crippen molar-refractivity contribution in [1.82, 2.24) is 4.90 Å². The molecule has 0 radical (unpaired) electrons. The molecule has 0 atom stereocenters. The fourth-order valence-corrected chi connectivity index (χ4v) is 4.16. The molecule has 0 aliphatic carbocycles. The lowest BCUT2D eigenvalue weighted by atomic mass is 9.88. The average molecular weight is 487 g/mol. The van der Waals surface area contributed by atoms with Crippen LogP contribution in [0.3, 0.4) is 0 Å². The van der Waals surface area contributed by atoms with E-state index in [1.54, 1.807) is 48.2 Å². The molecule has 1 saturated heterocycles. The Kier molecular flexibility index (Phi) is 7.84. The predicted octanol–water partition coefficient (Wildman–Crippen LogP) is 4.59. The zero-order valence-electron chi connectivity index (χ0n) is 19.4. The molecule has 0 saturated carbocycles. The van der Waals surface area contributed by atoms with Crippen LogP contribution in [0.1, 0.15) is 35.7 Å². The van der Waals surface area contributed by atoms with E-state index in [2.05, 4.69) is 4.74 Å². The zero-order valence-corrected chi connectivity index (χ0v) is 19.4. The van der Waals surface area contributed by atoms with E-state index >= 15 is 0 Å². The molecule has 7 nitrogen and oxygen atoms in total. The van der Waals surface area contributed by atoms with Crippen molar-refractivity contribution in [2.45, 2.75) is 26.4 Å². The van der Waals surface area contributed by atoms with Crippen LogP contribution >= 0.6 is 0 Å². The van der Waals surface area contributed by atoms with Gasteiger partial charge in [-0.1, -0.05) is 6.07 Å². The van der Waals surface area contributed by atoms with E-state index < -0.39 is 6.61 Å². The highest BCUT2D eigenvalue weighted by Gasteiger charge is 2.28. The summed E-state index contributed by atoms with van der Waals surface area (Å²) in [4.78, 5) is 27.3. The molecule has 9 heteroatoms. The number of ether oxygens (including phenoxy) is 4. The number of rotatable bonds is 8. The Balaban J connectivity index is 1.33. The molecule has 186 valence electrons. The van der Waals surface area contributed by atoms with E-state index in [-0.39, 0.29) is 35.7 Å². The standard InChI is InChI=1S/C26H27F2NO6/c1-2-32-22-15-17(3-6-21(22)35-26(27)28)4-8-24(30)29-11-9-18(10-12-29)25(31)19-5-7-20-23(16-19)34-14-13-33-20/h3-8,15-16,18,26H,2,9-14H2,1H3/b8-4+. The predicted molar refractivity (Wildman–Crippen MR) is 124 cm³/mol. The van der Waals surface area contributed by atoms with E-state index in [0.29, 0.717) is 61.8 Å². The van der Waals surface area contributed by atoms with Crippen LogP contribution in [-0.2, 0) is 4.79 Å². The van der Waals surface area contributed by atoms with E-state index in [0.717, 1.165) is 0 Å². The summed E-state index contributed by atoms with van der Waals surface area (Å²) in [5.41, 5.74) is 1.20. The maximum Gasteiger partial charge on any atom is 0.387 e.